The second-order valence-corrected chi connectivity index (χ2v) is 6.87. The Hall–Kier alpha value is -1.19. The lowest BCUT2D eigenvalue weighted by Gasteiger charge is -2.18. The molecule has 0 atom stereocenters. The number of benzene rings is 1. The second-order valence-electron chi connectivity index (χ2n) is 5.84. The fraction of sp³-hybridized carbons (Fsp3) is 0.438. The lowest BCUT2D eigenvalue weighted by atomic mass is 9.95. The van der Waals surface area contributed by atoms with Crippen LogP contribution in [-0.2, 0) is 5.41 Å². The Labute approximate surface area is 119 Å². The predicted molar refractivity (Wildman–Crippen MR) is 83.7 cm³/mol. The van der Waals surface area contributed by atoms with Crippen molar-refractivity contribution in [2.24, 2.45) is 5.73 Å². The van der Waals surface area contributed by atoms with Gasteiger partial charge in [0.1, 0.15) is 5.01 Å². The first kappa shape index (κ1) is 14.2. The van der Waals surface area contributed by atoms with Gasteiger partial charge in [-0.2, -0.15) is 0 Å². The average Bonchev–Trinajstić information content (AvgIpc) is 2.85. The summed E-state index contributed by atoms with van der Waals surface area (Å²) in [4.78, 5) is 6.23. The van der Waals surface area contributed by atoms with Gasteiger partial charge in [0, 0.05) is 22.4 Å². The van der Waals surface area contributed by atoms with Crippen LogP contribution in [-0.4, -0.2) is 11.5 Å². The molecule has 2 rings (SSSR count). The van der Waals surface area contributed by atoms with E-state index >= 15 is 0 Å². The van der Waals surface area contributed by atoms with E-state index in [1.165, 1.54) is 10.4 Å². The average molecular weight is 274 g/mol. The molecular formula is C16H22N2S. The minimum Gasteiger partial charge on any atom is -0.330 e. The van der Waals surface area contributed by atoms with Crippen LogP contribution in [0.1, 0.15) is 43.5 Å². The molecule has 2 nitrogen and oxygen atoms in total. The Morgan fingerprint density at radius 3 is 2.37 bits per heavy atom. The summed E-state index contributed by atoms with van der Waals surface area (Å²) in [6.45, 7) is 9.38. The summed E-state index contributed by atoms with van der Waals surface area (Å²) < 4.78 is 0. The van der Waals surface area contributed by atoms with Gasteiger partial charge in [-0.1, -0.05) is 58.0 Å². The van der Waals surface area contributed by atoms with Crippen molar-refractivity contribution in [3.05, 3.63) is 40.2 Å². The van der Waals surface area contributed by atoms with E-state index in [1.54, 1.807) is 11.3 Å². The molecule has 0 aliphatic carbocycles. The van der Waals surface area contributed by atoms with Crippen LogP contribution in [0.2, 0.25) is 0 Å². The van der Waals surface area contributed by atoms with Crippen molar-refractivity contribution in [1.82, 2.24) is 4.98 Å². The smallest absolute Gasteiger partial charge is 0.100 e. The molecule has 1 aromatic heterocycles. The first-order valence-electron chi connectivity index (χ1n) is 6.72. The Kier molecular flexibility index (Phi) is 4.07. The van der Waals surface area contributed by atoms with Crippen LogP contribution in [0, 0.1) is 0 Å². The molecule has 0 fully saturated rings. The van der Waals surface area contributed by atoms with Crippen molar-refractivity contribution in [1.29, 1.82) is 0 Å². The summed E-state index contributed by atoms with van der Waals surface area (Å²) in [5.74, 6) is 0.482. The van der Waals surface area contributed by atoms with Crippen LogP contribution in [0.15, 0.2) is 30.3 Å². The molecule has 1 heterocycles. The van der Waals surface area contributed by atoms with E-state index in [2.05, 4.69) is 52.0 Å². The number of hydrogen-bond donors (Lipinski definition) is 1. The minimum absolute atomic E-state index is 0.0542. The van der Waals surface area contributed by atoms with Gasteiger partial charge in [0.25, 0.3) is 0 Å². The quantitative estimate of drug-likeness (QED) is 0.908. The van der Waals surface area contributed by atoms with Gasteiger partial charge in [0.15, 0.2) is 0 Å². The van der Waals surface area contributed by atoms with E-state index in [4.69, 9.17) is 10.7 Å². The molecule has 19 heavy (non-hydrogen) atoms. The third-order valence-corrected chi connectivity index (χ3v) is 5.04. The highest BCUT2D eigenvalue weighted by Gasteiger charge is 2.26. The van der Waals surface area contributed by atoms with Crippen LogP contribution in [0.4, 0.5) is 0 Å². The number of nitrogens with zero attached hydrogens (tertiary/aromatic N) is 1. The van der Waals surface area contributed by atoms with Gasteiger partial charge >= 0.3 is 0 Å². The van der Waals surface area contributed by atoms with Gasteiger partial charge in [0.05, 0.1) is 5.69 Å². The van der Waals surface area contributed by atoms with Gasteiger partial charge in [-0.15, -0.1) is 11.3 Å². The molecule has 0 saturated carbocycles. The van der Waals surface area contributed by atoms with E-state index < -0.39 is 0 Å². The Morgan fingerprint density at radius 1 is 1.21 bits per heavy atom. The highest BCUT2D eigenvalue weighted by Crippen LogP contribution is 2.37. The van der Waals surface area contributed by atoms with Crippen LogP contribution in [0.25, 0.3) is 11.3 Å². The van der Waals surface area contributed by atoms with E-state index in [0.29, 0.717) is 12.5 Å². The van der Waals surface area contributed by atoms with Gasteiger partial charge < -0.3 is 5.73 Å². The van der Waals surface area contributed by atoms with Crippen molar-refractivity contribution >= 4 is 11.3 Å². The fourth-order valence-electron chi connectivity index (χ4n) is 1.90. The van der Waals surface area contributed by atoms with Crippen LogP contribution in [0.3, 0.4) is 0 Å². The lowest BCUT2D eigenvalue weighted by Crippen LogP contribution is -2.27. The molecule has 0 spiro atoms. The van der Waals surface area contributed by atoms with Gasteiger partial charge in [0.2, 0.25) is 0 Å². The number of thiazole rings is 1. The summed E-state index contributed by atoms with van der Waals surface area (Å²) in [5, 5.41) is 1.14. The number of rotatable bonds is 4. The zero-order chi connectivity index (χ0) is 14.0. The zero-order valence-electron chi connectivity index (χ0n) is 12.1. The Bertz CT molecular complexity index is 541. The predicted octanol–water partition coefficient (Wildman–Crippen LogP) is 4.17. The highest BCUT2D eigenvalue weighted by molar-refractivity contribution is 7.12. The summed E-state index contributed by atoms with van der Waals surface area (Å²) in [6.07, 6.45) is 0. The monoisotopic (exact) mass is 274 g/mol. The lowest BCUT2D eigenvalue weighted by molar-refractivity contribution is 0.536. The molecular weight excluding hydrogens is 252 g/mol. The van der Waals surface area contributed by atoms with Crippen LogP contribution >= 0.6 is 11.3 Å². The fourth-order valence-corrected chi connectivity index (χ4v) is 3.10. The number of aromatic nitrogens is 1. The maximum atomic E-state index is 5.88. The topological polar surface area (TPSA) is 38.9 Å². The summed E-state index contributed by atoms with van der Waals surface area (Å²) >= 11 is 1.80. The molecule has 0 unspecified atom stereocenters. The van der Waals surface area contributed by atoms with Crippen molar-refractivity contribution < 1.29 is 0 Å². The molecule has 0 bridgehead atoms. The third-order valence-electron chi connectivity index (χ3n) is 3.31. The van der Waals surface area contributed by atoms with E-state index in [1.807, 2.05) is 6.07 Å². The van der Waals surface area contributed by atoms with Crippen molar-refractivity contribution in [3.8, 4) is 11.3 Å². The molecule has 3 heteroatoms. The standard InChI is InChI=1S/C16H22N2S/c1-11(2)14-13(12-8-6-5-7-9-12)18-15(19-14)16(3,4)10-17/h5-9,11H,10,17H2,1-4H3. The summed E-state index contributed by atoms with van der Waals surface area (Å²) in [7, 11) is 0. The second kappa shape index (κ2) is 5.43. The normalized spacial score (nSPS) is 12.1. The molecule has 0 radical (unpaired) electrons. The molecule has 0 saturated heterocycles. The molecule has 1 aromatic carbocycles. The van der Waals surface area contributed by atoms with Crippen molar-refractivity contribution in [2.75, 3.05) is 6.54 Å². The number of hydrogen-bond acceptors (Lipinski definition) is 3. The molecule has 0 aliphatic rings. The third kappa shape index (κ3) is 2.88. The zero-order valence-corrected chi connectivity index (χ0v) is 12.9. The molecule has 2 N–H and O–H groups in total. The molecule has 102 valence electrons. The van der Waals surface area contributed by atoms with Crippen LogP contribution in [0.5, 0.6) is 0 Å². The van der Waals surface area contributed by atoms with Crippen molar-refractivity contribution in [2.45, 2.75) is 39.0 Å². The number of nitrogens with two attached hydrogens (primary N) is 1. The van der Waals surface area contributed by atoms with Crippen molar-refractivity contribution in [3.63, 3.8) is 0 Å². The van der Waals surface area contributed by atoms with E-state index in [9.17, 15) is 0 Å². The van der Waals surface area contributed by atoms with Gasteiger partial charge in [-0.05, 0) is 5.92 Å². The first-order chi connectivity index (χ1) is 8.95. The largest absolute Gasteiger partial charge is 0.330 e. The van der Waals surface area contributed by atoms with E-state index in [-0.39, 0.29) is 5.41 Å². The minimum atomic E-state index is -0.0542. The van der Waals surface area contributed by atoms with E-state index in [0.717, 1.165) is 10.7 Å². The Balaban J connectivity index is 2.55. The summed E-state index contributed by atoms with van der Waals surface area (Å²) in [5.41, 5.74) is 8.14. The van der Waals surface area contributed by atoms with Gasteiger partial charge in [-0.3, -0.25) is 0 Å². The Morgan fingerprint density at radius 2 is 1.84 bits per heavy atom. The van der Waals surface area contributed by atoms with Gasteiger partial charge in [-0.25, -0.2) is 4.98 Å². The SMILES string of the molecule is CC(C)c1sc(C(C)(C)CN)nc1-c1ccccc1. The maximum absolute atomic E-state index is 5.88. The first-order valence-corrected chi connectivity index (χ1v) is 7.54. The summed E-state index contributed by atoms with van der Waals surface area (Å²) in [6, 6.07) is 10.4. The van der Waals surface area contributed by atoms with Crippen LogP contribution < -0.4 is 5.73 Å². The maximum Gasteiger partial charge on any atom is 0.100 e. The molecule has 0 aliphatic heterocycles. The molecule has 2 aromatic rings. The highest BCUT2D eigenvalue weighted by atomic mass is 32.1. The molecule has 0 amide bonds.